The van der Waals surface area contributed by atoms with Crippen LogP contribution in [0.25, 0.3) is 0 Å². The number of hydrogen-bond donors (Lipinski definition) is 0. The number of nitrogens with zero attached hydrogens (tertiary/aromatic N) is 3. The lowest BCUT2D eigenvalue weighted by Crippen LogP contribution is -2.36. The number of rotatable bonds is 3. The summed E-state index contributed by atoms with van der Waals surface area (Å²) in [4.78, 5) is 3.97. The SMILES string of the molecule is CN(C)c1ccc(C(C)(C#N)N(C)C)cc1. The third kappa shape index (κ3) is 2.17. The third-order valence-electron chi connectivity index (χ3n) is 3.06. The molecular weight excluding hydrogens is 198 g/mol. The summed E-state index contributed by atoms with van der Waals surface area (Å²) < 4.78 is 0. The van der Waals surface area contributed by atoms with E-state index in [0.717, 1.165) is 11.3 Å². The van der Waals surface area contributed by atoms with E-state index < -0.39 is 5.54 Å². The molecule has 0 fully saturated rings. The van der Waals surface area contributed by atoms with Gasteiger partial charge in [-0.2, -0.15) is 5.26 Å². The Bertz CT molecular complexity index is 387. The topological polar surface area (TPSA) is 30.3 Å². The summed E-state index contributed by atoms with van der Waals surface area (Å²) in [5.41, 5.74) is 1.60. The maximum atomic E-state index is 9.29. The van der Waals surface area contributed by atoms with Crippen LogP contribution in [0.1, 0.15) is 12.5 Å². The van der Waals surface area contributed by atoms with Gasteiger partial charge in [0.2, 0.25) is 0 Å². The number of nitriles is 1. The van der Waals surface area contributed by atoms with Crippen molar-refractivity contribution in [3.05, 3.63) is 29.8 Å². The lowest BCUT2D eigenvalue weighted by molar-refractivity contribution is 0.241. The zero-order valence-electron chi connectivity index (χ0n) is 10.7. The first-order chi connectivity index (χ1) is 7.41. The second-order valence-electron chi connectivity index (χ2n) is 4.52. The molecule has 3 heteroatoms. The molecule has 0 saturated heterocycles. The van der Waals surface area contributed by atoms with Crippen molar-refractivity contribution in [3.63, 3.8) is 0 Å². The zero-order chi connectivity index (χ0) is 12.3. The van der Waals surface area contributed by atoms with Crippen LogP contribution in [0.15, 0.2) is 24.3 Å². The second kappa shape index (κ2) is 4.54. The van der Waals surface area contributed by atoms with Gasteiger partial charge in [0.1, 0.15) is 5.54 Å². The van der Waals surface area contributed by atoms with Crippen LogP contribution in [0.2, 0.25) is 0 Å². The highest BCUT2D eigenvalue weighted by Crippen LogP contribution is 2.26. The average molecular weight is 217 g/mol. The summed E-state index contributed by atoms with van der Waals surface area (Å²) in [5.74, 6) is 0. The Labute approximate surface area is 97.9 Å². The van der Waals surface area contributed by atoms with Crippen molar-refractivity contribution in [1.29, 1.82) is 5.26 Å². The van der Waals surface area contributed by atoms with E-state index in [4.69, 9.17) is 0 Å². The van der Waals surface area contributed by atoms with Crippen molar-refractivity contribution < 1.29 is 0 Å². The monoisotopic (exact) mass is 217 g/mol. The third-order valence-corrected chi connectivity index (χ3v) is 3.06. The Morgan fingerprint density at radius 2 is 1.56 bits per heavy atom. The minimum atomic E-state index is -0.565. The Kier molecular flexibility index (Phi) is 3.56. The highest BCUT2D eigenvalue weighted by Gasteiger charge is 2.28. The van der Waals surface area contributed by atoms with Crippen molar-refractivity contribution in [1.82, 2.24) is 4.90 Å². The van der Waals surface area contributed by atoms with Crippen LogP contribution in [-0.4, -0.2) is 33.1 Å². The van der Waals surface area contributed by atoms with Gasteiger partial charge in [0, 0.05) is 19.8 Å². The van der Waals surface area contributed by atoms with Crippen molar-refractivity contribution in [2.75, 3.05) is 33.1 Å². The summed E-state index contributed by atoms with van der Waals surface area (Å²) in [6.07, 6.45) is 0. The maximum Gasteiger partial charge on any atom is 0.131 e. The lowest BCUT2D eigenvalue weighted by atomic mass is 9.92. The fourth-order valence-electron chi connectivity index (χ4n) is 1.51. The maximum absolute atomic E-state index is 9.29. The molecule has 0 N–H and O–H groups in total. The van der Waals surface area contributed by atoms with Crippen LogP contribution in [-0.2, 0) is 5.54 Å². The molecule has 0 heterocycles. The van der Waals surface area contributed by atoms with E-state index >= 15 is 0 Å². The molecule has 16 heavy (non-hydrogen) atoms. The van der Waals surface area contributed by atoms with E-state index in [1.807, 2.05) is 69.2 Å². The van der Waals surface area contributed by atoms with E-state index in [-0.39, 0.29) is 0 Å². The van der Waals surface area contributed by atoms with Gasteiger partial charge >= 0.3 is 0 Å². The van der Waals surface area contributed by atoms with Crippen molar-refractivity contribution >= 4 is 5.69 Å². The van der Waals surface area contributed by atoms with Crippen LogP contribution >= 0.6 is 0 Å². The summed E-state index contributed by atoms with van der Waals surface area (Å²) in [6.45, 7) is 1.93. The van der Waals surface area contributed by atoms with Crippen molar-refractivity contribution in [2.45, 2.75) is 12.5 Å². The molecule has 1 rings (SSSR count). The molecule has 86 valence electrons. The van der Waals surface area contributed by atoms with Gasteiger partial charge in [0.05, 0.1) is 6.07 Å². The normalized spacial score (nSPS) is 14.3. The van der Waals surface area contributed by atoms with Crippen LogP contribution in [0.5, 0.6) is 0 Å². The number of hydrogen-bond acceptors (Lipinski definition) is 3. The molecule has 0 saturated carbocycles. The molecule has 0 amide bonds. The van der Waals surface area contributed by atoms with Crippen LogP contribution in [0.4, 0.5) is 5.69 Å². The molecule has 3 nitrogen and oxygen atoms in total. The van der Waals surface area contributed by atoms with Gasteiger partial charge in [-0.1, -0.05) is 12.1 Å². The summed E-state index contributed by atoms with van der Waals surface area (Å²) in [7, 11) is 7.85. The summed E-state index contributed by atoms with van der Waals surface area (Å²) in [5, 5.41) is 9.29. The Morgan fingerprint density at radius 3 is 1.88 bits per heavy atom. The lowest BCUT2D eigenvalue weighted by Gasteiger charge is -2.30. The van der Waals surface area contributed by atoms with Gasteiger partial charge in [-0.25, -0.2) is 0 Å². The summed E-state index contributed by atoms with van der Waals surface area (Å²) >= 11 is 0. The van der Waals surface area contributed by atoms with E-state index in [2.05, 4.69) is 6.07 Å². The zero-order valence-corrected chi connectivity index (χ0v) is 10.7. The largest absolute Gasteiger partial charge is 0.378 e. The predicted octanol–water partition coefficient (Wildman–Crippen LogP) is 2.05. The molecule has 0 aliphatic carbocycles. The highest BCUT2D eigenvalue weighted by atomic mass is 15.1. The molecule has 0 spiro atoms. The quantitative estimate of drug-likeness (QED) is 0.776. The van der Waals surface area contributed by atoms with Crippen LogP contribution < -0.4 is 4.90 Å². The van der Waals surface area contributed by atoms with Gasteiger partial charge in [-0.3, -0.25) is 4.90 Å². The molecule has 0 aliphatic rings. The van der Waals surface area contributed by atoms with Crippen molar-refractivity contribution in [3.8, 4) is 6.07 Å². The van der Waals surface area contributed by atoms with Gasteiger partial charge < -0.3 is 4.90 Å². The molecule has 1 aromatic carbocycles. The predicted molar refractivity (Wildman–Crippen MR) is 67.4 cm³/mol. The van der Waals surface area contributed by atoms with Gasteiger partial charge in [-0.15, -0.1) is 0 Å². The molecule has 1 unspecified atom stereocenters. The molecule has 0 aromatic heterocycles. The van der Waals surface area contributed by atoms with Gasteiger partial charge in [0.15, 0.2) is 0 Å². The molecule has 1 atom stereocenters. The average Bonchev–Trinajstić information content (AvgIpc) is 2.27. The van der Waals surface area contributed by atoms with E-state index in [0.29, 0.717) is 0 Å². The Morgan fingerprint density at radius 1 is 1.06 bits per heavy atom. The first kappa shape index (κ1) is 12.5. The first-order valence-corrected chi connectivity index (χ1v) is 5.28. The fraction of sp³-hybridized carbons (Fsp3) is 0.462. The molecule has 0 radical (unpaired) electrons. The first-order valence-electron chi connectivity index (χ1n) is 5.28. The smallest absolute Gasteiger partial charge is 0.131 e. The van der Waals surface area contributed by atoms with Crippen molar-refractivity contribution in [2.24, 2.45) is 0 Å². The Hall–Kier alpha value is -1.53. The van der Waals surface area contributed by atoms with Crippen LogP contribution in [0.3, 0.4) is 0 Å². The fourth-order valence-corrected chi connectivity index (χ4v) is 1.51. The van der Waals surface area contributed by atoms with Gasteiger partial charge in [-0.05, 0) is 38.7 Å². The standard InChI is InChI=1S/C13H19N3/c1-13(10-14,16(4)5)11-6-8-12(9-7-11)15(2)3/h6-9H,1-5H3. The molecule has 0 bridgehead atoms. The number of benzene rings is 1. The van der Waals surface area contributed by atoms with E-state index in [1.165, 1.54) is 0 Å². The molecule has 1 aromatic rings. The molecular formula is C13H19N3. The van der Waals surface area contributed by atoms with Gasteiger partial charge in [0.25, 0.3) is 0 Å². The Balaban J connectivity index is 3.11. The minimum Gasteiger partial charge on any atom is -0.378 e. The minimum absolute atomic E-state index is 0.565. The van der Waals surface area contributed by atoms with E-state index in [1.54, 1.807) is 0 Å². The molecule has 0 aliphatic heterocycles. The van der Waals surface area contributed by atoms with E-state index in [9.17, 15) is 5.26 Å². The van der Waals surface area contributed by atoms with Crippen LogP contribution in [0, 0.1) is 11.3 Å². The second-order valence-corrected chi connectivity index (χ2v) is 4.52. The summed E-state index contributed by atoms with van der Waals surface area (Å²) in [6, 6.07) is 10.5. The highest BCUT2D eigenvalue weighted by molar-refractivity contribution is 5.48. The number of anilines is 1.